The van der Waals surface area contributed by atoms with Gasteiger partial charge < -0.3 is 0 Å². The summed E-state index contributed by atoms with van der Waals surface area (Å²) in [6.45, 7) is 4.45. The second-order valence-electron chi connectivity index (χ2n) is 6.44. The molecule has 0 bridgehead atoms. The van der Waals surface area contributed by atoms with Crippen LogP contribution in [0.25, 0.3) is 22.4 Å². The second kappa shape index (κ2) is 4.79. The molecule has 1 aromatic heterocycles. The summed E-state index contributed by atoms with van der Waals surface area (Å²) < 4.78 is 0. The molecular weight excluding hydrogens is 280 g/mol. The molecule has 3 aromatic rings. The molecule has 2 heteroatoms. The number of nitriles is 1. The van der Waals surface area contributed by atoms with Gasteiger partial charge in [-0.1, -0.05) is 44.2 Å². The third kappa shape index (κ3) is 1.90. The lowest BCUT2D eigenvalue weighted by molar-refractivity contribution is 0.661. The Balaban J connectivity index is 2.03. The Bertz CT molecular complexity index is 947. The summed E-state index contributed by atoms with van der Waals surface area (Å²) in [6, 6.07) is 20.7. The van der Waals surface area contributed by atoms with E-state index < -0.39 is 0 Å². The lowest BCUT2D eigenvalue weighted by Crippen LogP contribution is -2.16. The predicted molar refractivity (Wildman–Crippen MR) is 92.0 cm³/mol. The van der Waals surface area contributed by atoms with Crippen LogP contribution in [-0.2, 0) is 5.41 Å². The molecule has 2 nitrogen and oxygen atoms in total. The molecule has 0 unspecified atom stereocenters. The van der Waals surface area contributed by atoms with Crippen LogP contribution in [-0.4, -0.2) is 4.98 Å². The van der Waals surface area contributed by atoms with Gasteiger partial charge in [0.25, 0.3) is 0 Å². The number of hydrogen-bond donors (Lipinski definition) is 0. The molecule has 23 heavy (non-hydrogen) atoms. The Labute approximate surface area is 136 Å². The first-order chi connectivity index (χ1) is 11.1. The van der Waals surface area contributed by atoms with Gasteiger partial charge in [-0.2, -0.15) is 5.26 Å². The van der Waals surface area contributed by atoms with Crippen molar-refractivity contribution < 1.29 is 0 Å². The molecule has 1 aliphatic rings. The number of pyridine rings is 1. The Morgan fingerprint density at radius 1 is 0.913 bits per heavy atom. The maximum Gasteiger partial charge on any atom is 0.0991 e. The standard InChI is InChI=1S/C21H16N2/c1-21(2)18-12-14(13-22)9-10-15(18)16-6-5-7-17(20(16)21)19-8-3-4-11-23-19/h3-12H,1-2H3. The number of rotatable bonds is 1. The van der Waals surface area contributed by atoms with E-state index in [1.165, 1.54) is 27.8 Å². The Morgan fingerprint density at radius 3 is 2.48 bits per heavy atom. The summed E-state index contributed by atoms with van der Waals surface area (Å²) >= 11 is 0. The number of benzene rings is 2. The van der Waals surface area contributed by atoms with Gasteiger partial charge in [0, 0.05) is 17.2 Å². The van der Waals surface area contributed by atoms with E-state index in [4.69, 9.17) is 0 Å². The van der Waals surface area contributed by atoms with Gasteiger partial charge in [-0.3, -0.25) is 4.98 Å². The Hall–Kier alpha value is -2.92. The minimum absolute atomic E-state index is 0.147. The van der Waals surface area contributed by atoms with Gasteiger partial charge in [0.2, 0.25) is 0 Å². The summed E-state index contributed by atoms with van der Waals surface area (Å²) in [7, 11) is 0. The molecule has 110 valence electrons. The second-order valence-corrected chi connectivity index (χ2v) is 6.44. The fourth-order valence-corrected chi connectivity index (χ4v) is 3.69. The molecule has 0 spiro atoms. The molecule has 0 aliphatic heterocycles. The van der Waals surface area contributed by atoms with Crippen molar-refractivity contribution >= 4 is 0 Å². The number of aromatic nitrogens is 1. The predicted octanol–water partition coefficient (Wildman–Crippen LogP) is 4.93. The highest BCUT2D eigenvalue weighted by molar-refractivity contribution is 5.87. The minimum atomic E-state index is -0.147. The maximum atomic E-state index is 9.23. The number of hydrogen-bond acceptors (Lipinski definition) is 2. The van der Waals surface area contributed by atoms with Gasteiger partial charge in [0.15, 0.2) is 0 Å². The van der Waals surface area contributed by atoms with Crippen molar-refractivity contribution in [2.24, 2.45) is 0 Å². The third-order valence-electron chi connectivity index (χ3n) is 4.74. The van der Waals surface area contributed by atoms with Gasteiger partial charge in [-0.15, -0.1) is 0 Å². The highest BCUT2D eigenvalue weighted by atomic mass is 14.7. The monoisotopic (exact) mass is 296 g/mol. The van der Waals surface area contributed by atoms with Crippen LogP contribution >= 0.6 is 0 Å². The zero-order valence-electron chi connectivity index (χ0n) is 13.2. The van der Waals surface area contributed by atoms with Gasteiger partial charge in [0.1, 0.15) is 0 Å². The molecule has 0 fully saturated rings. The van der Waals surface area contributed by atoms with Gasteiger partial charge in [-0.05, 0) is 46.5 Å². The lowest BCUT2D eigenvalue weighted by Gasteiger charge is -2.24. The highest BCUT2D eigenvalue weighted by Gasteiger charge is 2.37. The molecule has 2 aromatic carbocycles. The first-order valence-electron chi connectivity index (χ1n) is 7.73. The topological polar surface area (TPSA) is 36.7 Å². The number of nitrogens with zero attached hydrogens (tertiary/aromatic N) is 2. The van der Waals surface area contributed by atoms with Crippen LogP contribution in [0.4, 0.5) is 0 Å². The van der Waals surface area contributed by atoms with Crippen LogP contribution in [0.1, 0.15) is 30.5 Å². The van der Waals surface area contributed by atoms with Crippen molar-refractivity contribution in [1.82, 2.24) is 4.98 Å². The zero-order chi connectivity index (χ0) is 16.0. The van der Waals surface area contributed by atoms with Crippen LogP contribution in [0.3, 0.4) is 0 Å². The van der Waals surface area contributed by atoms with Crippen LogP contribution in [0.15, 0.2) is 60.8 Å². The van der Waals surface area contributed by atoms with Gasteiger partial charge >= 0.3 is 0 Å². The molecule has 1 aliphatic carbocycles. The van der Waals surface area contributed by atoms with E-state index in [0.29, 0.717) is 5.56 Å². The average Bonchev–Trinajstić information content (AvgIpc) is 2.83. The quantitative estimate of drug-likeness (QED) is 0.638. The first-order valence-corrected chi connectivity index (χ1v) is 7.73. The summed E-state index contributed by atoms with van der Waals surface area (Å²) in [5, 5.41) is 9.23. The lowest BCUT2D eigenvalue weighted by atomic mass is 9.79. The van der Waals surface area contributed by atoms with E-state index in [2.05, 4.69) is 55.2 Å². The summed E-state index contributed by atoms with van der Waals surface area (Å²) in [5.74, 6) is 0. The molecule has 0 N–H and O–H groups in total. The van der Waals surface area contributed by atoms with Crippen LogP contribution < -0.4 is 0 Å². The van der Waals surface area contributed by atoms with Crippen LogP contribution in [0.5, 0.6) is 0 Å². The fourth-order valence-electron chi connectivity index (χ4n) is 3.69. The minimum Gasteiger partial charge on any atom is -0.256 e. The van der Waals surface area contributed by atoms with Crippen molar-refractivity contribution in [3.8, 4) is 28.5 Å². The first kappa shape index (κ1) is 13.7. The molecule has 0 saturated carbocycles. The SMILES string of the molecule is CC1(C)c2cc(C#N)ccc2-c2cccc(-c3ccccn3)c21. The third-order valence-corrected chi connectivity index (χ3v) is 4.74. The molecule has 0 saturated heterocycles. The zero-order valence-corrected chi connectivity index (χ0v) is 13.2. The van der Waals surface area contributed by atoms with E-state index in [1.807, 2.05) is 30.5 Å². The molecule has 4 rings (SSSR count). The van der Waals surface area contributed by atoms with Gasteiger partial charge in [0.05, 0.1) is 17.3 Å². The van der Waals surface area contributed by atoms with E-state index in [0.717, 1.165) is 5.69 Å². The van der Waals surface area contributed by atoms with E-state index in [-0.39, 0.29) is 5.41 Å². The molecule has 0 atom stereocenters. The van der Waals surface area contributed by atoms with Crippen molar-refractivity contribution in [1.29, 1.82) is 5.26 Å². The molecule has 0 amide bonds. The van der Waals surface area contributed by atoms with Crippen molar-refractivity contribution in [2.45, 2.75) is 19.3 Å². The smallest absolute Gasteiger partial charge is 0.0991 e. The summed E-state index contributed by atoms with van der Waals surface area (Å²) in [5.41, 5.74) is 7.71. The normalized spacial score (nSPS) is 14.0. The average molecular weight is 296 g/mol. The van der Waals surface area contributed by atoms with E-state index in [9.17, 15) is 5.26 Å². The highest BCUT2D eigenvalue weighted by Crippen LogP contribution is 2.51. The van der Waals surface area contributed by atoms with E-state index in [1.54, 1.807) is 0 Å². The summed E-state index contributed by atoms with van der Waals surface area (Å²) in [6.07, 6.45) is 1.83. The largest absolute Gasteiger partial charge is 0.256 e. The van der Waals surface area contributed by atoms with Crippen LogP contribution in [0, 0.1) is 11.3 Å². The van der Waals surface area contributed by atoms with Crippen molar-refractivity contribution in [3.63, 3.8) is 0 Å². The van der Waals surface area contributed by atoms with Crippen molar-refractivity contribution in [2.75, 3.05) is 0 Å². The van der Waals surface area contributed by atoms with E-state index >= 15 is 0 Å². The maximum absolute atomic E-state index is 9.23. The number of fused-ring (bicyclic) bond motifs is 3. The summed E-state index contributed by atoms with van der Waals surface area (Å²) in [4.78, 5) is 4.54. The molecular formula is C21H16N2. The van der Waals surface area contributed by atoms with Crippen LogP contribution in [0.2, 0.25) is 0 Å². The fraction of sp³-hybridized carbons (Fsp3) is 0.143. The molecule has 1 heterocycles. The molecule has 0 radical (unpaired) electrons. The Kier molecular flexibility index (Phi) is 2.86. The van der Waals surface area contributed by atoms with Crippen molar-refractivity contribution in [3.05, 3.63) is 77.5 Å². The Morgan fingerprint density at radius 2 is 1.74 bits per heavy atom. The van der Waals surface area contributed by atoms with Gasteiger partial charge in [-0.25, -0.2) is 0 Å².